The molecule has 0 aliphatic carbocycles. The van der Waals surface area contributed by atoms with Crippen molar-refractivity contribution in [2.24, 2.45) is 5.92 Å². The number of amides is 1. The van der Waals surface area contributed by atoms with Crippen molar-refractivity contribution >= 4 is 35.1 Å². The number of carbonyl (C=O) groups excluding carboxylic acids is 1. The Labute approximate surface area is 187 Å². The van der Waals surface area contributed by atoms with Crippen molar-refractivity contribution in [1.82, 2.24) is 4.90 Å². The largest absolute Gasteiger partial charge is 0.480 e. The van der Waals surface area contributed by atoms with Crippen LogP contribution in [-0.2, 0) is 9.59 Å². The minimum absolute atomic E-state index is 0.110. The van der Waals surface area contributed by atoms with Gasteiger partial charge in [0, 0.05) is 21.9 Å². The van der Waals surface area contributed by atoms with E-state index in [-0.39, 0.29) is 17.7 Å². The average molecular weight is 446 g/mol. The summed E-state index contributed by atoms with van der Waals surface area (Å²) in [5.74, 6) is -1.60. The van der Waals surface area contributed by atoms with Crippen molar-refractivity contribution in [3.8, 4) is 0 Å². The predicted molar refractivity (Wildman–Crippen MR) is 120 cm³/mol. The van der Waals surface area contributed by atoms with Gasteiger partial charge in [0.1, 0.15) is 6.04 Å². The number of benzene rings is 2. The van der Waals surface area contributed by atoms with Crippen molar-refractivity contribution < 1.29 is 14.7 Å². The fraction of sp³-hybridized carbons (Fsp3) is 0.333. The molecule has 2 unspecified atom stereocenters. The SMILES string of the molecule is C=CC[C@H]1CC(c2cccc(Cl)c2)C(c2ccc(Cl)cc2)N([C@@H](CC)C(=O)O)C1=O. The summed E-state index contributed by atoms with van der Waals surface area (Å²) in [4.78, 5) is 27.2. The molecule has 0 spiro atoms. The van der Waals surface area contributed by atoms with E-state index in [0.29, 0.717) is 29.3 Å². The normalized spacial score (nSPS) is 22.6. The zero-order chi connectivity index (χ0) is 21.8. The van der Waals surface area contributed by atoms with Crippen LogP contribution in [0.15, 0.2) is 61.2 Å². The van der Waals surface area contributed by atoms with Crippen LogP contribution in [0.3, 0.4) is 0 Å². The summed E-state index contributed by atoms with van der Waals surface area (Å²) in [5.41, 5.74) is 1.84. The van der Waals surface area contributed by atoms with Gasteiger partial charge in [0.25, 0.3) is 0 Å². The zero-order valence-electron chi connectivity index (χ0n) is 16.8. The van der Waals surface area contributed by atoms with E-state index in [1.54, 1.807) is 36.1 Å². The van der Waals surface area contributed by atoms with Crippen LogP contribution >= 0.6 is 23.2 Å². The molecule has 0 radical (unpaired) electrons. The highest BCUT2D eigenvalue weighted by Crippen LogP contribution is 2.47. The summed E-state index contributed by atoms with van der Waals surface area (Å²) in [7, 11) is 0. The molecule has 1 fully saturated rings. The predicted octanol–water partition coefficient (Wildman–Crippen LogP) is 6.11. The Kier molecular flexibility index (Phi) is 7.22. The van der Waals surface area contributed by atoms with Gasteiger partial charge in [0.05, 0.1) is 6.04 Å². The quantitative estimate of drug-likeness (QED) is 0.523. The summed E-state index contributed by atoms with van der Waals surface area (Å²) in [6.07, 6.45) is 3.12. The zero-order valence-corrected chi connectivity index (χ0v) is 18.3. The molecule has 158 valence electrons. The van der Waals surface area contributed by atoms with E-state index < -0.39 is 18.1 Å². The molecule has 1 aliphatic heterocycles. The van der Waals surface area contributed by atoms with Gasteiger partial charge in [-0.1, -0.05) is 60.5 Å². The molecule has 3 rings (SSSR count). The van der Waals surface area contributed by atoms with Crippen molar-refractivity contribution in [2.75, 3.05) is 0 Å². The summed E-state index contributed by atoms with van der Waals surface area (Å²) < 4.78 is 0. The number of carbonyl (C=O) groups is 2. The monoisotopic (exact) mass is 445 g/mol. The molecule has 1 heterocycles. The third-order valence-corrected chi connectivity index (χ3v) is 6.26. The van der Waals surface area contributed by atoms with Crippen LogP contribution in [-0.4, -0.2) is 27.9 Å². The number of hydrogen-bond acceptors (Lipinski definition) is 2. The Morgan fingerprint density at radius 2 is 1.90 bits per heavy atom. The summed E-state index contributed by atoms with van der Waals surface area (Å²) in [5, 5.41) is 11.1. The lowest BCUT2D eigenvalue weighted by Crippen LogP contribution is -2.54. The van der Waals surface area contributed by atoms with Crippen LogP contribution in [0.1, 0.15) is 49.3 Å². The third-order valence-electron chi connectivity index (χ3n) is 5.77. The highest BCUT2D eigenvalue weighted by Gasteiger charge is 2.46. The number of nitrogens with zero attached hydrogens (tertiary/aromatic N) is 1. The fourth-order valence-corrected chi connectivity index (χ4v) is 4.75. The van der Waals surface area contributed by atoms with Crippen LogP contribution in [0.4, 0.5) is 0 Å². The van der Waals surface area contributed by atoms with E-state index in [2.05, 4.69) is 6.58 Å². The van der Waals surface area contributed by atoms with Crippen LogP contribution in [0.5, 0.6) is 0 Å². The van der Waals surface area contributed by atoms with Gasteiger partial charge < -0.3 is 10.0 Å². The summed E-state index contributed by atoms with van der Waals surface area (Å²) in [6.45, 7) is 5.58. The molecule has 30 heavy (non-hydrogen) atoms. The molecule has 2 aromatic rings. The molecule has 0 bridgehead atoms. The van der Waals surface area contributed by atoms with Crippen LogP contribution in [0, 0.1) is 5.92 Å². The maximum absolute atomic E-state index is 13.5. The topological polar surface area (TPSA) is 57.6 Å². The first-order chi connectivity index (χ1) is 14.4. The van der Waals surface area contributed by atoms with Gasteiger partial charge in [-0.2, -0.15) is 0 Å². The first kappa shape index (κ1) is 22.4. The van der Waals surface area contributed by atoms with Gasteiger partial charge in [0.15, 0.2) is 0 Å². The molecule has 4 nitrogen and oxygen atoms in total. The van der Waals surface area contributed by atoms with Crippen molar-refractivity contribution in [3.05, 3.63) is 82.4 Å². The number of likely N-dealkylation sites (tertiary alicyclic amines) is 1. The standard InChI is InChI=1S/C24H25Cl2NO3/c1-3-6-17-14-20(16-7-5-8-19(26)13-16)22(15-9-11-18(25)12-10-15)27(23(17)28)21(4-2)24(29)30/h3,5,7-13,17,20-22H,1,4,6,14H2,2H3,(H,29,30)/t17-,20?,21-,22?/m0/s1. The van der Waals surface area contributed by atoms with Gasteiger partial charge in [-0.15, -0.1) is 6.58 Å². The highest BCUT2D eigenvalue weighted by atomic mass is 35.5. The molecule has 6 heteroatoms. The summed E-state index contributed by atoms with van der Waals surface area (Å²) in [6, 6.07) is 13.5. The van der Waals surface area contributed by atoms with Crippen LogP contribution in [0.2, 0.25) is 10.0 Å². The van der Waals surface area contributed by atoms with Gasteiger partial charge >= 0.3 is 5.97 Å². The van der Waals surface area contributed by atoms with Crippen molar-refractivity contribution in [3.63, 3.8) is 0 Å². The number of piperidine rings is 1. The molecular weight excluding hydrogens is 421 g/mol. The first-order valence-corrected chi connectivity index (χ1v) is 10.8. The number of hydrogen-bond donors (Lipinski definition) is 1. The molecule has 1 saturated heterocycles. The molecular formula is C24H25Cl2NO3. The molecule has 1 amide bonds. The lowest BCUT2D eigenvalue weighted by molar-refractivity contribution is -0.159. The summed E-state index contributed by atoms with van der Waals surface area (Å²) >= 11 is 12.4. The molecule has 1 N–H and O–H groups in total. The Balaban J connectivity index is 2.20. The molecule has 0 saturated carbocycles. The highest BCUT2D eigenvalue weighted by molar-refractivity contribution is 6.30. The van der Waals surface area contributed by atoms with Crippen LogP contribution < -0.4 is 0 Å². The number of aliphatic carboxylic acids is 1. The molecule has 4 atom stereocenters. The fourth-order valence-electron chi connectivity index (χ4n) is 4.42. The number of carboxylic acid groups (broad SMARTS) is 1. The number of carboxylic acids is 1. The molecule has 0 aromatic heterocycles. The first-order valence-electron chi connectivity index (χ1n) is 10.0. The van der Waals surface area contributed by atoms with Gasteiger partial charge in [-0.3, -0.25) is 4.79 Å². The lowest BCUT2D eigenvalue weighted by Gasteiger charge is -2.47. The minimum Gasteiger partial charge on any atom is -0.480 e. The van der Waals surface area contributed by atoms with E-state index in [0.717, 1.165) is 11.1 Å². The van der Waals surface area contributed by atoms with E-state index in [4.69, 9.17) is 23.2 Å². The maximum atomic E-state index is 13.5. The second-order valence-corrected chi connectivity index (χ2v) is 8.50. The number of rotatable bonds is 7. The third kappa shape index (κ3) is 4.55. The Morgan fingerprint density at radius 3 is 2.47 bits per heavy atom. The molecule has 2 aromatic carbocycles. The lowest BCUT2D eigenvalue weighted by atomic mass is 9.74. The second kappa shape index (κ2) is 9.67. The average Bonchev–Trinajstić information content (AvgIpc) is 2.71. The van der Waals surface area contributed by atoms with Crippen LogP contribution in [0.25, 0.3) is 0 Å². The van der Waals surface area contributed by atoms with Gasteiger partial charge in [-0.25, -0.2) is 4.79 Å². The minimum atomic E-state index is -1.01. The van der Waals surface area contributed by atoms with E-state index >= 15 is 0 Å². The Hall–Kier alpha value is -2.30. The smallest absolute Gasteiger partial charge is 0.326 e. The Morgan fingerprint density at radius 1 is 1.20 bits per heavy atom. The van der Waals surface area contributed by atoms with E-state index in [1.807, 2.05) is 30.3 Å². The van der Waals surface area contributed by atoms with Crippen molar-refractivity contribution in [2.45, 2.75) is 44.2 Å². The van der Waals surface area contributed by atoms with E-state index in [9.17, 15) is 14.7 Å². The number of allylic oxidation sites excluding steroid dienone is 1. The van der Waals surface area contributed by atoms with Gasteiger partial charge in [0.2, 0.25) is 5.91 Å². The van der Waals surface area contributed by atoms with Crippen molar-refractivity contribution in [1.29, 1.82) is 0 Å². The number of halogens is 2. The Bertz CT molecular complexity index is 928. The second-order valence-electron chi connectivity index (χ2n) is 7.62. The maximum Gasteiger partial charge on any atom is 0.326 e. The van der Waals surface area contributed by atoms with Gasteiger partial charge in [-0.05, 0) is 54.7 Å². The van der Waals surface area contributed by atoms with E-state index in [1.165, 1.54) is 0 Å². The molecule has 1 aliphatic rings.